The SMILES string of the molecule is CN(C)c1ccc(C=Cc2cc(S(=O)(=O)O)cc3ccccc23)cc1. The van der Waals surface area contributed by atoms with Gasteiger partial charge in [0.25, 0.3) is 10.1 Å². The minimum absolute atomic E-state index is 0.103. The highest BCUT2D eigenvalue weighted by atomic mass is 32.2. The highest BCUT2D eigenvalue weighted by Gasteiger charge is 2.12. The summed E-state index contributed by atoms with van der Waals surface area (Å²) in [5, 5.41) is 1.69. The predicted molar refractivity (Wildman–Crippen MR) is 103 cm³/mol. The molecule has 25 heavy (non-hydrogen) atoms. The Balaban J connectivity index is 2.05. The fourth-order valence-corrected chi connectivity index (χ4v) is 3.22. The van der Waals surface area contributed by atoms with E-state index in [0.717, 1.165) is 27.6 Å². The predicted octanol–water partition coefficient (Wildman–Crippen LogP) is 4.32. The van der Waals surface area contributed by atoms with Gasteiger partial charge in [0, 0.05) is 19.8 Å². The molecular weight excluding hydrogens is 334 g/mol. The van der Waals surface area contributed by atoms with Gasteiger partial charge in [0.15, 0.2) is 0 Å². The maximum Gasteiger partial charge on any atom is 0.294 e. The minimum atomic E-state index is -4.25. The molecule has 3 rings (SSSR count). The Hall–Kier alpha value is -2.63. The lowest BCUT2D eigenvalue weighted by atomic mass is 10.0. The summed E-state index contributed by atoms with van der Waals surface area (Å²) in [4.78, 5) is 1.92. The van der Waals surface area contributed by atoms with Gasteiger partial charge in [0.2, 0.25) is 0 Å². The summed E-state index contributed by atoms with van der Waals surface area (Å²) in [5.74, 6) is 0. The first-order chi connectivity index (χ1) is 11.8. The van der Waals surface area contributed by atoms with Crippen molar-refractivity contribution < 1.29 is 13.0 Å². The first kappa shape index (κ1) is 17.2. The zero-order chi connectivity index (χ0) is 18.0. The van der Waals surface area contributed by atoms with Crippen molar-refractivity contribution in [1.82, 2.24) is 0 Å². The summed E-state index contributed by atoms with van der Waals surface area (Å²) in [6.07, 6.45) is 3.79. The van der Waals surface area contributed by atoms with Gasteiger partial charge in [0.05, 0.1) is 4.90 Å². The quantitative estimate of drug-likeness (QED) is 0.560. The van der Waals surface area contributed by atoms with Crippen LogP contribution in [-0.2, 0) is 10.1 Å². The Morgan fingerprint density at radius 1 is 0.920 bits per heavy atom. The van der Waals surface area contributed by atoms with Crippen LogP contribution in [-0.4, -0.2) is 27.1 Å². The van der Waals surface area contributed by atoms with E-state index in [0.29, 0.717) is 0 Å². The zero-order valence-electron chi connectivity index (χ0n) is 14.0. The van der Waals surface area contributed by atoms with Gasteiger partial charge in [-0.3, -0.25) is 4.55 Å². The van der Waals surface area contributed by atoms with Gasteiger partial charge in [-0.05, 0) is 46.2 Å². The number of nitrogens with zero attached hydrogens (tertiary/aromatic N) is 1. The number of hydrogen-bond donors (Lipinski definition) is 1. The lowest BCUT2D eigenvalue weighted by Gasteiger charge is -2.11. The molecule has 0 aliphatic heterocycles. The maximum absolute atomic E-state index is 11.5. The van der Waals surface area contributed by atoms with Crippen molar-refractivity contribution in [2.45, 2.75) is 4.90 Å². The van der Waals surface area contributed by atoms with Crippen LogP contribution in [0, 0.1) is 0 Å². The molecule has 3 aromatic rings. The van der Waals surface area contributed by atoms with Crippen LogP contribution < -0.4 is 4.90 Å². The van der Waals surface area contributed by atoms with Gasteiger partial charge in [0.1, 0.15) is 0 Å². The van der Waals surface area contributed by atoms with Gasteiger partial charge in [-0.15, -0.1) is 0 Å². The Morgan fingerprint density at radius 3 is 2.24 bits per heavy atom. The van der Waals surface area contributed by atoms with Crippen molar-refractivity contribution in [2.24, 2.45) is 0 Å². The van der Waals surface area contributed by atoms with Crippen molar-refractivity contribution in [2.75, 3.05) is 19.0 Å². The molecule has 0 bridgehead atoms. The van der Waals surface area contributed by atoms with E-state index in [4.69, 9.17) is 0 Å². The Morgan fingerprint density at radius 2 is 1.60 bits per heavy atom. The highest BCUT2D eigenvalue weighted by Crippen LogP contribution is 2.25. The molecule has 0 spiro atoms. The average molecular weight is 353 g/mol. The van der Waals surface area contributed by atoms with Crippen LogP contribution in [0.3, 0.4) is 0 Å². The molecule has 0 aromatic heterocycles. The molecule has 0 fully saturated rings. The maximum atomic E-state index is 11.5. The first-order valence-corrected chi connectivity index (χ1v) is 9.24. The van der Waals surface area contributed by atoms with E-state index in [-0.39, 0.29) is 4.90 Å². The molecule has 3 aromatic carbocycles. The molecule has 4 nitrogen and oxygen atoms in total. The molecule has 0 amide bonds. The monoisotopic (exact) mass is 353 g/mol. The third-order valence-corrected chi connectivity index (χ3v) is 4.86. The number of benzene rings is 3. The van der Waals surface area contributed by atoms with Crippen LogP contribution in [0.15, 0.2) is 65.6 Å². The van der Waals surface area contributed by atoms with Crippen molar-refractivity contribution >= 4 is 38.7 Å². The van der Waals surface area contributed by atoms with Gasteiger partial charge >= 0.3 is 0 Å². The molecule has 0 aliphatic rings. The van der Waals surface area contributed by atoms with Crippen LogP contribution in [0.4, 0.5) is 5.69 Å². The van der Waals surface area contributed by atoms with Gasteiger partial charge in [-0.25, -0.2) is 0 Å². The number of hydrogen-bond acceptors (Lipinski definition) is 3. The number of fused-ring (bicyclic) bond motifs is 1. The van der Waals surface area contributed by atoms with E-state index in [1.165, 1.54) is 12.1 Å². The highest BCUT2D eigenvalue weighted by molar-refractivity contribution is 7.85. The molecule has 128 valence electrons. The van der Waals surface area contributed by atoms with Crippen LogP contribution in [0.5, 0.6) is 0 Å². The van der Waals surface area contributed by atoms with Gasteiger partial charge < -0.3 is 4.90 Å². The molecule has 0 saturated heterocycles. The van der Waals surface area contributed by atoms with E-state index in [9.17, 15) is 13.0 Å². The van der Waals surface area contributed by atoms with Crippen LogP contribution in [0.1, 0.15) is 11.1 Å². The van der Waals surface area contributed by atoms with E-state index < -0.39 is 10.1 Å². The summed E-state index contributed by atoms with van der Waals surface area (Å²) in [6, 6.07) is 18.5. The van der Waals surface area contributed by atoms with Gasteiger partial charge in [-0.1, -0.05) is 48.6 Å². The molecule has 0 aliphatic carbocycles. The van der Waals surface area contributed by atoms with Crippen molar-refractivity contribution in [3.63, 3.8) is 0 Å². The molecule has 0 unspecified atom stereocenters. The molecule has 0 heterocycles. The second kappa shape index (κ2) is 6.70. The lowest BCUT2D eigenvalue weighted by Crippen LogP contribution is -2.07. The first-order valence-electron chi connectivity index (χ1n) is 7.80. The zero-order valence-corrected chi connectivity index (χ0v) is 14.9. The molecular formula is C20H19NO3S. The fourth-order valence-electron chi connectivity index (χ4n) is 2.67. The van der Waals surface area contributed by atoms with Crippen molar-refractivity contribution in [3.8, 4) is 0 Å². The second-order valence-corrected chi connectivity index (χ2v) is 7.45. The van der Waals surface area contributed by atoms with Crippen LogP contribution >= 0.6 is 0 Å². The summed E-state index contributed by atoms with van der Waals surface area (Å²) >= 11 is 0. The molecule has 5 heteroatoms. The third-order valence-electron chi connectivity index (χ3n) is 4.03. The Labute approximate surface area is 147 Å². The standard InChI is InChI=1S/C20H19NO3S/c1-21(2)18-11-8-15(9-12-18)7-10-17-14-19(25(22,23)24)13-16-5-3-4-6-20(16)17/h3-14H,1-2H3,(H,22,23,24). The smallest absolute Gasteiger partial charge is 0.294 e. The second-order valence-electron chi connectivity index (χ2n) is 6.03. The normalized spacial score (nSPS) is 12.0. The largest absolute Gasteiger partial charge is 0.378 e. The Bertz CT molecular complexity index is 1040. The summed E-state index contributed by atoms with van der Waals surface area (Å²) in [5.41, 5.74) is 2.85. The molecule has 0 saturated carbocycles. The van der Waals surface area contributed by atoms with Crippen LogP contribution in [0.2, 0.25) is 0 Å². The fraction of sp³-hybridized carbons (Fsp3) is 0.100. The third kappa shape index (κ3) is 3.90. The topological polar surface area (TPSA) is 57.6 Å². The van der Waals surface area contributed by atoms with E-state index in [1.54, 1.807) is 0 Å². The summed E-state index contributed by atoms with van der Waals surface area (Å²) in [6.45, 7) is 0. The Kier molecular flexibility index (Phi) is 4.61. The minimum Gasteiger partial charge on any atom is -0.378 e. The molecule has 0 atom stereocenters. The van der Waals surface area contributed by atoms with E-state index >= 15 is 0 Å². The average Bonchev–Trinajstić information content (AvgIpc) is 2.59. The lowest BCUT2D eigenvalue weighted by molar-refractivity contribution is 0.483. The van der Waals surface area contributed by atoms with Gasteiger partial charge in [-0.2, -0.15) is 8.42 Å². The molecule has 0 radical (unpaired) electrons. The van der Waals surface area contributed by atoms with E-state index in [2.05, 4.69) is 0 Å². The summed E-state index contributed by atoms with van der Waals surface area (Å²) in [7, 11) is -0.286. The van der Waals surface area contributed by atoms with Crippen molar-refractivity contribution in [3.05, 3.63) is 71.8 Å². The number of rotatable bonds is 4. The number of anilines is 1. The summed E-state index contributed by atoms with van der Waals surface area (Å²) < 4.78 is 32.4. The van der Waals surface area contributed by atoms with Crippen molar-refractivity contribution in [1.29, 1.82) is 0 Å². The molecule has 1 N–H and O–H groups in total. The van der Waals surface area contributed by atoms with E-state index in [1.807, 2.05) is 79.7 Å². The van der Waals surface area contributed by atoms with Crippen LogP contribution in [0.25, 0.3) is 22.9 Å².